The van der Waals surface area contributed by atoms with Gasteiger partial charge in [0.15, 0.2) is 0 Å². The molecule has 0 saturated heterocycles. The molecule has 0 atom stereocenters. The molecule has 0 unspecified atom stereocenters. The molecule has 1 aromatic heterocycles. The Kier molecular flexibility index (Phi) is 8.47. The first-order valence-electron chi connectivity index (χ1n) is 11.4. The van der Waals surface area contributed by atoms with Crippen LogP contribution < -0.4 is 9.73 Å². The van der Waals surface area contributed by atoms with Crippen molar-refractivity contribution in [2.75, 3.05) is 10.8 Å². The average molecular weight is 590 g/mol. The fourth-order valence-electron chi connectivity index (χ4n) is 3.95. The van der Waals surface area contributed by atoms with Gasteiger partial charge in [0.2, 0.25) is 0 Å². The van der Waals surface area contributed by atoms with Crippen LogP contribution in [0.5, 0.6) is 0 Å². The average Bonchev–Trinajstić information content (AvgIpc) is 3.18. The second-order valence-electron chi connectivity index (χ2n) is 8.33. The Morgan fingerprint density at radius 2 is 1.61 bits per heavy atom. The van der Waals surface area contributed by atoms with Gasteiger partial charge in [-0.2, -0.15) is 5.10 Å². The van der Waals surface area contributed by atoms with Crippen LogP contribution in [-0.2, 0) is 14.8 Å². The molecule has 1 heterocycles. The summed E-state index contributed by atoms with van der Waals surface area (Å²) < 4.78 is 29.8. The molecule has 1 N–H and O–H groups in total. The van der Waals surface area contributed by atoms with Crippen LogP contribution in [0.15, 0.2) is 88.9 Å². The molecule has 1 amide bonds. The number of amides is 1. The van der Waals surface area contributed by atoms with E-state index in [4.69, 9.17) is 34.8 Å². The van der Waals surface area contributed by atoms with E-state index in [1.807, 2.05) is 30.5 Å². The number of hydrogen-bond acceptors (Lipinski definition) is 4. The Labute approximate surface area is 236 Å². The molecule has 3 aromatic carbocycles. The zero-order valence-electron chi connectivity index (χ0n) is 20.4. The highest BCUT2D eigenvalue weighted by atomic mass is 35.5. The van der Waals surface area contributed by atoms with Crippen LogP contribution in [0.2, 0.25) is 15.1 Å². The van der Waals surface area contributed by atoms with Crippen molar-refractivity contribution >= 4 is 62.6 Å². The number of rotatable bonds is 8. The Hall–Kier alpha value is -3.30. The number of benzene rings is 3. The van der Waals surface area contributed by atoms with Gasteiger partial charge in [0, 0.05) is 22.6 Å². The normalized spacial score (nSPS) is 11.6. The van der Waals surface area contributed by atoms with E-state index in [9.17, 15) is 13.2 Å². The second kappa shape index (κ2) is 11.6. The van der Waals surface area contributed by atoms with E-state index in [-0.39, 0.29) is 15.6 Å². The zero-order chi connectivity index (χ0) is 27.4. The van der Waals surface area contributed by atoms with Gasteiger partial charge in [-0.15, -0.1) is 0 Å². The predicted molar refractivity (Wildman–Crippen MR) is 153 cm³/mol. The molecule has 0 aliphatic carbocycles. The van der Waals surface area contributed by atoms with Crippen molar-refractivity contribution in [1.82, 2.24) is 9.99 Å². The van der Waals surface area contributed by atoms with E-state index >= 15 is 0 Å². The minimum absolute atomic E-state index is 0.0333. The molecule has 11 heteroatoms. The number of aromatic nitrogens is 1. The number of anilines is 1. The third kappa shape index (κ3) is 5.89. The Bertz CT molecular complexity index is 1620. The van der Waals surface area contributed by atoms with E-state index in [1.165, 1.54) is 24.4 Å². The molecule has 0 radical (unpaired) electrons. The van der Waals surface area contributed by atoms with Crippen molar-refractivity contribution in [1.29, 1.82) is 0 Å². The first-order chi connectivity index (χ1) is 18.1. The van der Waals surface area contributed by atoms with Crippen molar-refractivity contribution < 1.29 is 13.2 Å². The van der Waals surface area contributed by atoms with Gasteiger partial charge in [0.05, 0.1) is 31.9 Å². The molecule has 0 spiro atoms. The van der Waals surface area contributed by atoms with Crippen LogP contribution in [0, 0.1) is 13.8 Å². The molecule has 0 fully saturated rings. The summed E-state index contributed by atoms with van der Waals surface area (Å²) in [7, 11) is -4.08. The Morgan fingerprint density at radius 1 is 0.921 bits per heavy atom. The summed E-state index contributed by atoms with van der Waals surface area (Å²) in [6.07, 6.45) is 1.50. The van der Waals surface area contributed by atoms with Crippen LogP contribution in [0.25, 0.3) is 5.69 Å². The fourth-order valence-corrected chi connectivity index (χ4v) is 5.99. The first-order valence-corrected chi connectivity index (χ1v) is 14.0. The monoisotopic (exact) mass is 588 g/mol. The second-order valence-corrected chi connectivity index (χ2v) is 11.4. The van der Waals surface area contributed by atoms with Gasteiger partial charge in [0.25, 0.3) is 15.9 Å². The topological polar surface area (TPSA) is 83.8 Å². The summed E-state index contributed by atoms with van der Waals surface area (Å²) in [5.41, 5.74) is 5.98. The number of hydrazone groups is 1. The SMILES string of the molecule is Cc1cc(/C=N\NC(=O)CN(c2ccccc2Cl)S(=O)(=O)c2ccccc2)c(C)n1-c1ccc(Cl)c(Cl)c1. The number of sulfonamides is 1. The van der Waals surface area contributed by atoms with Crippen LogP contribution >= 0.6 is 34.8 Å². The lowest BCUT2D eigenvalue weighted by Gasteiger charge is -2.24. The molecular formula is C27H23Cl3N4O3S. The first kappa shape index (κ1) is 27.7. The Balaban J connectivity index is 1.56. The van der Waals surface area contributed by atoms with Crippen LogP contribution in [-0.4, -0.2) is 31.7 Å². The third-order valence-electron chi connectivity index (χ3n) is 5.76. The smallest absolute Gasteiger partial charge is 0.264 e. The largest absolute Gasteiger partial charge is 0.318 e. The van der Waals surface area contributed by atoms with Gasteiger partial charge in [-0.05, 0) is 62.4 Å². The number of nitrogens with zero attached hydrogens (tertiary/aromatic N) is 3. The van der Waals surface area contributed by atoms with Crippen LogP contribution in [0.4, 0.5) is 5.69 Å². The highest BCUT2D eigenvalue weighted by Crippen LogP contribution is 2.30. The van der Waals surface area contributed by atoms with Gasteiger partial charge in [-0.3, -0.25) is 9.10 Å². The van der Waals surface area contributed by atoms with Gasteiger partial charge < -0.3 is 4.57 Å². The van der Waals surface area contributed by atoms with Crippen molar-refractivity contribution in [2.45, 2.75) is 18.7 Å². The maximum absolute atomic E-state index is 13.4. The zero-order valence-corrected chi connectivity index (χ0v) is 23.5. The molecule has 0 bridgehead atoms. The van der Waals surface area contributed by atoms with Crippen molar-refractivity contribution in [3.05, 3.63) is 111 Å². The molecule has 4 rings (SSSR count). The maximum atomic E-state index is 13.4. The number of hydrogen-bond donors (Lipinski definition) is 1. The lowest BCUT2D eigenvalue weighted by atomic mass is 10.2. The number of carbonyl (C=O) groups is 1. The lowest BCUT2D eigenvalue weighted by molar-refractivity contribution is -0.119. The summed E-state index contributed by atoms with van der Waals surface area (Å²) >= 11 is 18.5. The molecule has 0 aliphatic heterocycles. The van der Waals surface area contributed by atoms with Gasteiger partial charge >= 0.3 is 0 Å². The number of halogens is 3. The minimum atomic E-state index is -4.08. The van der Waals surface area contributed by atoms with Gasteiger partial charge in [-0.25, -0.2) is 13.8 Å². The lowest BCUT2D eigenvalue weighted by Crippen LogP contribution is -2.39. The quantitative estimate of drug-likeness (QED) is 0.191. The van der Waals surface area contributed by atoms with E-state index in [0.29, 0.717) is 10.0 Å². The third-order valence-corrected chi connectivity index (χ3v) is 8.60. The standard InChI is InChI=1S/C27H23Cl3N4O3S/c1-18-14-20(19(2)34(18)21-12-13-23(28)25(30)15-21)16-31-32-27(35)17-33(26-11-7-6-10-24(26)29)38(36,37)22-8-4-3-5-9-22/h3-16H,17H2,1-2H3,(H,32,35)/b31-16-. The summed E-state index contributed by atoms with van der Waals surface area (Å²) in [4.78, 5) is 12.9. The van der Waals surface area contributed by atoms with Crippen LogP contribution in [0.3, 0.4) is 0 Å². The predicted octanol–water partition coefficient (Wildman–Crippen LogP) is 6.40. The molecule has 38 heavy (non-hydrogen) atoms. The highest BCUT2D eigenvalue weighted by Gasteiger charge is 2.28. The van der Waals surface area contributed by atoms with Gasteiger partial charge in [0.1, 0.15) is 6.54 Å². The maximum Gasteiger partial charge on any atom is 0.264 e. The number of para-hydroxylation sites is 1. The summed E-state index contributed by atoms with van der Waals surface area (Å²) in [5.74, 6) is -0.640. The minimum Gasteiger partial charge on any atom is -0.318 e. The van der Waals surface area contributed by atoms with Crippen molar-refractivity contribution in [3.8, 4) is 5.69 Å². The molecule has 0 saturated carbocycles. The van der Waals surface area contributed by atoms with E-state index in [2.05, 4.69) is 10.5 Å². The molecule has 7 nitrogen and oxygen atoms in total. The fraction of sp³-hybridized carbons (Fsp3) is 0.111. The van der Waals surface area contributed by atoms with Crippen LogP contribution in [0.1, 0.15) is 17.0 Å². The summed E-state index contributed by atoms with van der Waals surface area (Å²) in [6, 6.07) is 21.5. The highest BCUT2D eigenvalue weighted by molar-refractivity contribution is 7.92. The van der Waals surface area contributed by atoms with Crippen molar-refractivity contribution in [3.63, 3.8) is 0 Å². The van der Waals surface area contributed by atoms with E-state index in [0.717, 1.165) is 26.9 Å². The summed E-state index contributed by atoms with van der Waals surface area (Å²) in [6.45, 7) is 3.31. The van der Waals surface area contributed by atoms with Gasteiger partial charge in [-0.1, -0.05) is 65.1 Å². The molecule has 4 aromatic rings. The number of aryl methyl sites for hydroxylation is 1. The van der Waals surface area contributed by atoms with E-state index < -0.39 is 22.5 Å². The molecular weight excluding hydrogens is 567 g/mol. The number of carbonyl (C=O) groups excluding carboxylic acids is 1. The van der Waals surface area contributed by atoms with Crippen molar-refractivity contribution in [2.24, 2.45) is 5.10 Å². The Morgan fingerprint density at radius 3 is 2.29 bits per heavy atom. The van der Waals surface area contributed by atoms with E-state index in [1.54, 1.807) is 48.5 Å². The number of nitrogens with one attached hydrogen (secondary N) is 1. The summed E-state index contributed by atoms with van der Waals surface area (Å²) in [5, 5.41) is 5.16. The molecule has 0 aliphatic rings. The molecule has 196 valence electrons.